The van der Waals surface area contributed by atoms with Gasteiger partial charge in [-0.15, -0.1) is 0 Å². The Bertz CT molecular complexity index is 686. The van der Waals surface area contributed by atoms with Crippen molar-refractivity contribution in [1.82, 2.24) is 9.97 Å². The minimum Gasteiger partial charge on any atom is -0.334 e. The topological polar surface area (TPSA) is 69.5 Å². The maximum absolute atomic E-state index is 11.6. The fourth-order valence-electron chi connectivity index (χ4n) is 3.25. The highest BCUT2D eigenvalue weighted by molar-refractivity contribution is 6.07. The fourth-order valence-corrected chi connectivity index (χ4v) is 3.25. The first-order valence-corrected chi connectivity index (χ1v) is 7.62. The molecule has 0 saturated carbocycles. The Kier molecular flexibility index (Phi) is 4.42. The Labute approximate surface area is 125 Å². The first-order valence-electron chi connectivity index (χ1n) is 7.62. The first-order chi connectivity index (χ1) is 10.1. The molecule has 1 N–H and O–H groups in total. The lowest BCUT2D eigenvalue weighted by Crippen LogP contribution is -2.04. The number of nitriles is 1. The van der Waals surface area contributed by atoms with E-state index in [1.165, 1.54) is 22.3 Å². The van der Waals surface area contributed by atoms with E-state index < -0.39 is 5.78 Å². The van der Waals surface area contributed by atoms with E-state index in [9.17, 15) is 4.79 Å². The highest BCUT2D eigenvalue weighted by atomic mass is 16.1. The van der Waals surface area contributed by atoms with Crippen molar-refractivity contribution >= 4 is 16.8 Å². The van der Waals surface area contributed by atoms with Gasteiger partial charge in [0.25, 0.3) is 5.78 Å². The van der Waals surface area contributed by atoms with Crippen molar-refractivity contribution in [2.24, 2.45) is 0 Å². The lowest BCUT2D eigenvalue weighted by atomic mass is 9.89. The van der Waals surface area contributed by atoms with Crippen LogP contribution in [0, 0.1) is 11.3 Å². The van der Waals surface area contributed by atoms with Crippen molar-refractivity contribution in [2.75, 3.05) is 0 Å². The third-order valence-corrected chi connectivity index (χ3v) is 4.12. The van der Waals surface area contributed by atoms with E-state index in [1.807, 2.05) is 0 Å². The van der Waals surface area contributed by atoms with Crippen molar-refractivity contribution in [2.45, 2.75) is 53.4 Å². The molecule has 2 rings (SSSR count). The van der Waals surface area contributed by atoms with E-state index in [-0.39, 0.29) is 5.82 Å². The van der Waals surface area contributed by atoms with Gasteiger partial charge < -0.3 is 4.98 Å². The summed E-state index contributed by atoms with van der Waals surface area (Å²) in [5, 5.41) is 8.81. The van der Waals surface area contributed by atoms with Crippen molar-refractivity contribution in [3.05, 3.63) is 28.1 Å². The van der Waals surface area contributed by atoms with Crippen LogP contribution in [-0.2, 0) is 25.7 Å². The fraction of sp³-hybridized carbons (Fsp3) is 0.471. The molecule has 0 aliphatic carbocycles. The standard InChI is InChI=1S/C17H21N3O/c1-5-10-11(6-2)13(8-4)16-15(12(10)7-3)19-17(20-16)14(21)9-18/h5-8H2,1-4H3,(H,19,20). The zero-order chi connectivity index (χ0) is 15.6. The van der Waals surface area contributed by atoms with Gasteiger partial charge in [0.05, 0.1) is 11.0 Å². The van der Waals surface area contributed by atoms with Crippen molar-refractivity contribution < 1.29 is 4.79 Å². The number of aromatic nitrogens is 2. The van der Waals surface area contributed by atoms with Gasteiger partial charge in [-0.05, 0) is 47.9 Å². The van der Waals surface area contributed by atoms with Gasteiger partial charge in [0.2, 0.25) is 0 Å². The zero-order valence-electron chi connectivity index (χ0n) is 13.1. The maximum atomic E-state index is 11.6. The van der Waals surface area contributed by atoms with Crippen LogP contribution in [0.2, 0.25) is 0 Å². The number of nitrogens with zero attached hydrogens (tertiary/aromatic N) is 2. The van der Waals surface area contributed by atoms with Crippen LogP contribution in [0.15, 0.2) is 0 Å². The highest BCUT2D eigenvalue weighted by Gasteiger charge is 2.20. The van der Waals surface area contributed by atoms with Crippen LogP contribution in [-0.4, -0.2) is 15.8 Å². The summed E-state index contributed by atoms with van der Waals surface area (Å²) in [6, 6.07) is 1.64. The number of aryl methyl sites for hydroxylation is 2. The maximum Gasteiger partial charge on any atom is 0.297 e. The summed E-state index contributed by atoms with van der Waals surface area (Å²) >= 11 is 0. The molecule has 21 heavy (non-hydrogen) atoms. The predicted octanol–water partition coefficient (Wildman–Crippen LogP) is 3.52. The van der Waals surface area contributed by atoms with E-state index in [4.69, 9.17) is 5.26 Å². The van der Waals surface area contributed by atoms with E-state index in [1.54, 1.807) is 6.07 Å². The van der Waals surface area contributed by atoms with Gasteiger partial charge in [0, 0.05) is 0 Å². The summed E-state index contributed by atoms with van der Waals surface area (Å²) in [5.41, 5.74) is 6.94. The van der Waals surface area contributed by atoms with Crippen LogP contribution >= 0.6 is 0 Å². The lowest BCUT2D eigenvalue weighted by Gasteiger charge is -2.17. The number of rotatable bonds is 5. The highest BCUT2D eigenvalue weighted by Crippen LogP contribution is 2.31. The van der Waals surface area contributed by atoms with Crippen LogP contribution in [0.3, 0.4) is 0 Å². The van der Waals surface area contributed by atoms with Crippen molar-refractivity contribution in [3.8, 4) is 6.07 Å². The monoisotopic (exact) mass is 283 g/mol. The normalized spacial score (nSPS) is 10.8. The molecule has 1 aromatic heterocycles. The average molecular weight is 283 g/mol. The molecule has 0 radical (unpaired) electrons. The summed E-state index contributed by atoms with van der Waals surface area (Å²) in [4.78, 5) is 19.1. The molecule has 0 fully saturated rings. The smallest absolute Gasteiger partial charge is 0.297 e. The van der Waals surface area contributed by atoms with Crippen LogP contribution in [0.4, 0.5) is 0 Å². The first kappa shape index (κ1) is 15.2. The Morgan fingerprint density at radius 2 is 1.52 bits per heavy atom. The van der Waals surface area contributed by atoms with Gasteiger partial charge in [-0.25, -0.2) is 4.98 Å². The molecule has 2 aromatic rings. The van der Waals surface area contributed by atoms with Gasteiger partial charge in [0.1, 0.15) is 6.07 Å². The molecule has 110 valence electrons. The van der Waals surface area contributed by atoms with Gasteiger partial charge in [-0.2, -0.15) is 5.26 Å². The second kappa shape index (κ2) is 6.09. The van der Waals surface area contributed by atoms with E-state index in [0.29, 0.717) is 0 Å². The van der Waals surface area contributed by atoms with Crippen LogP contribution in [0.1, 0.15) is 60.6 Å². The molecule has 0 unspecified atom stereocenters. The van der Waals surface area contributed by atoms with E-state index in [0.717, 1.165) is 36.7 Å². The van der Waals surface area contributed by atoms with Gasteiger partial charge >= 0.3 is 0 Å². The number of carbonyl (C=O) groups excluding carboxylic acids is 1. The minimum atomic E-state index is -0.605. The summed E-state index contributed by atoms with van der Waals surface area (Å²) in [6.07, 6.45) is 3.69. The molecule has 1 aromatic carbocycles. The summed E-state index contributed by atoms with van der Waals surface area (Å²) in [6.45, 7) is 8.55. The Morgan fingerprint density at radius 3 is 2.00 bits per heavy atom. The molecule has 0 saturated heterocycles. The molecular weight excluding hydrogens is 262 g/mol. The van der Waals surface area contributed by atoms with E-state index in [2.05, 4.69) is 37.7 Å². The molecule has 4 nitrogen and oxygen atoms in total. The molecular formula is C17H21N3O. The number of carbonyl (C=O) groups is 1. The quantitative estimate of drug-likeness (QED) is 0.674. The molecule has 0 aliphatic rings. The third kappa shape index (κ3) is 2.33. The Morgan fingerprint density at radius 1 is 1.00 bits per heavy atom. The van der Waals surface area contributed by atoms with Crippen LogP contribution in [0.25, 0.3) is 11.0 Å². The molecule has 0 spiro atoms. The number of benzene rings is 1. The average Bonchev–Trinajstić information content (AvgIpc) is 2.95. The SMILES string of the molecule is CCc1c(CC)c(CC)c2[nH]c(C(=O)C#N)nc2c1CC. The number of hydrogen-bond donors (Lipinski definition) is 1. The zero-order valence-corrected chi connectivity index (χ0v) is 13.1. The summed E-state index contributed by atoms with van der Waals surface area (Å²) < 4.78 is 0. The third-order valence-electron chi connectivity index (χ3n) is 4.12. The van der Waals surface area contributed by atoms with Gasteiger partial charge in [0.15, 0.2) is 5.82 Å². The second-order valence-electron chi connectivity index (χ2n) is 5.08. The van der Waals surface area contributed by atoms with Crippen molar-refractivity contribution in [3.63, 3.8) is 0 Å². The second-order valence-corrected chi connectivity index (χ2v) is 5.08. The van der Waals surface area contributed by atoms with Crippen molar-refractivity contribution in [1.29, 1.82) is 5.26 Å². The number of hydrogen-bond acceptors (Lipinski definition) is 3. The van der Waals surface area contributed by atoms with Crippen LogP contribution in [0.5, 0.6) is 0 Å². The molecule has 4 heteroatoms. The molecule has 0 amide bonds. The lowest BCUT2D eigenvalue weighted by molar-refractivity contribution is 0.104. The summed E-state index contributed by atoms with van der Waals surface area (Å²) in [5.74, 6) is -0.446. The number of Topliss-reactive ketones (excluding diaryl/α,β-unsaturated/α-hetero) is 1. The summed E-state index contributed by atoms with van der Waals surface area (Å²) in [7, 11) is 0. The predicted molar refractivity (Wildman–Crippen MR) is 83.5 cm³/mol. The Balaban J connectivity index is 2.92. The number of imidazole rings is 1. The Hall–Kier alpha value is -2.15. The minimum absolute atomic E-state index is 0.159. The molecule has 0 atom stereocenters. The largest absolute Gasteiger partial charge is 0.334 e. The molecule has 0 bridgehead atoms. The number of ketones is 1. The van der Waals surface area contributed by atoms with Crippen LogP contribution < -0.4 is 0 Å². The number of H-pyrrole nitrogens is 1. The molecule has 1 heterocycles. The van der Waals surface area contributed by atoms with E-state index >= 15 is 0 Å². The molecule has 0 aliphatic heterocycles. The van der Waals surface area contributed by atoms with Gasteiger partial charge in [-0.1, -0.05) is 27.7 Å². The number of aromatic amines is 1. The van der Waals surface area contributed by atoms with Gasteiger partial charge in [-0.3, -0.25) is 4.79 Å². The number of fused-ring (bicyclic) bond motifs is 1. The number of nitrogens with one attached hydrogen (secondary N) is 1.